The lowest BCUT2D eigenvalue weighted by atomic mass is 10.0. The quantitative estimate of drug-likeness (QED) is 0.920. The highest BCUT2D eigenvalue weighted by Gasteiger charge is 2.25. The molecule has 0 spiro atoms. The minimum absolute atomic E-state index is 0.494. The molecule has 0 radical (unpaired) electrons. The van der Waals surface area contributed by atoms with Crippen LogP contribution in [0.5, 0.6) is 0 Å². The second-order valence-corrected chi connectivity index (χ2v) is 5.93. The number of anilines is 1. The number of hydrogen-bond donors (Lipinski definition) is 1. The number of hydrogen-bond acceptors (Lipinski definition) is 3. The average Bonchev–Trinajstić information content (AvgIpc) is 2.41. The van der Waals surface area contributed by atoms with Gasteiger partial charge in [-0.2, -0.15) is 0 Å². The van der Waals surface area contributed by atoms with Crippen LogP contribution in [0.1, 0.15) is 13.8 Å². The van der Waals surface area contributed by atoms with Gasteiger partial charge in [0.05, 0.1) is 10.7 Å². The molecule has 0 aromatic heterocycles. The fraction of sp³-hybridized carbons (Fsp3) is 0.600. The van der Waals surface area contributed by atoms with E-state index in [9.17, 15) is 0 Å². The van der Waals surface area contributed by atoms with Gasteiger partial charge in [-0.05, 0) is 18.1 Å². The van der Waals surface area contributed by atoms with Gasteiger partial charge in [-0.25, -0.2) is 0 Å². The molecule has 1 unspecified atom stereocenters. The van der Waals surface area contributed by atoms with Crippen LogP contribution >= 0.6 is 11.6 Å². The summed E-state index contributed by atoms with van der Waals surface area (Å²) < 4.78 is 0. The Morgan fingerprint density at radius 1 is 1.16 bits per heavy atom. The van der Waals surface area contributed by atoms with Crippen molar-refractivity contribution in [3.8, 4) is 0 Å². The molecule has 1 aliphatic rings. The maximum Gasteiger partial charge on any atom is 0.0639 e. The molecular formula is C15H24ClN3. The van der Waals surface area contributed by atoms with Crippen molar-refractivity contribution < 1.29 is 0 Å². The molecule has 0 aliphatic carbocycles. The Bertz CT molecular complexity index is 400. The van der Waals surface area contributed by atoms with Crippen LogP contribution in [0.15, 0.2) is 24.3 Å². The van der Waals surface area contributed by atoms with E-state index < -0.39 is 0 Å². The first-order valence-corrected chi connectivity index (χ1v) is 7.45. The van der Waals surface area contributed by atoms with Crippen molar-refractivity contribution in [1.29, 1.82) is 0 Å². The molecule has 3 nitrogen and oxygen atoms in total. The monoisotopic (exact) mass is 281 g/mol. The summed E-state index contributed by atoms with van der Waals surface area (Å²) in [6, 6.07) is 8.57. The summed E-state index contributed by atoms with van der Waals surface area (Å²) in [4.78, 5) is 4.88. The highest BCUT2D eigenvalue weighted by atomic mass is 35.5. The molecule has 19 heavy (non-hydrogen) atoms. The molecular weight excluding hydrogens is 258 g/mol. The third-order valence-electron chi connectivity index (χ3n) is 3.99. The molecule has 1 aliphatic heterocycles. The topological polar surface area (TPSA) is 32.5 Å². The van der Waals surface area contributed by atoms with E-state index in [1.54, 1.807) is 0 Å². The van der Waals surface area contributed by atoms with E-state index in [1.165, 1.54) is 0 Å². The van der Waals surface area contributed by atoms with Crippen LogP contribution in [0.4, 0.5) is 5.69 Å². The van der Waals surface area contributed by atoms with Crippen LogP contribution in [0.2, 0.25) is 5.02 Å². The van der Waals surface area contributed by atoms with Crippen LogP contribution in [0, 0.1) is 5.92 Å². The van der Waals surface area contributed by atoms with Gasteiger partial charge in [0.1, 0.15) is 0 Å². The van der Waals surface area contributed by atoms with Crippen LogP contribution < -0.4 is 10.6 Å². The summed E-state index contributed by atoms with van der Waals surface area (Å²) in [6.07, 6.45) is 0. The number of piperazine rings is 1. The Hall–Kier alpha value is -0.770. The number of rotatable bonds is 4. The minimum atomic E-state index is 0.494. The Morgan fingerprint density at radius 2 is 1.79 bits per heavy atom. The van der Waals surface area contributed by atoms with Gasteiger partial charge in [0.15, 0.2) is 0 Å². The Balaban J connectivity index is 1.98. The molecule has 1 atom stereocenters. The number of para-hydroxylation sites is 1. The van der Waals surface area contributed by atoms with Crippen molar-refractivity contribution in [2.45, 2.75) is 19.9 Å². The van der Waals surface area contributed by atoms with Crippen molar-refractivity contribution in [1.82, 2.24) is 4.90 Å². The minimum Gasteiger partial charge on any atom is -0.368 e. The average molecular weight is 282 g/mol. The molecule has 1 aromatic rings. The van der Waals surface area contributed by atoms with Crippen LogP contribution in [0.25, 0.3) is 0 Å². The van der Waals surface area contributed by atoms with Crippen LogP contribution in [-0.2, 0) is 0 Å². The predicted molar refractivity (Wildman–Crippen MR) is 82.9 cm³/mol. The van der Waals surface area contributed by atoms with Crippen molar-refractivity contribution in [2.24, 2.45) is 11.7 Å². The number of benzene rings is 1. The lowest BCUT2D eigenvalue weighted by Crippen LogP contribution is -2.54. The molecule has 1 aromatic carbocycles. The summed E-state index contributed by atoms with van der Waals surface area (Å²) in [5.74, 6) is 0.608. The highest BCUT2D eigenvalue weighted by molar-refractivity contribution is 6.33. The molecule has 1 saturated heterocycles. The van der Waals surface area contributed by atoms with Crippen molar-refractivity contribution in [3.63, 3.8) is 0 Å². The first kappa shape index (κ1) is 14.6. The second-order valence-electron chi connectivity index (χ2n) is 5.52. The van der Waals surface area contributed by atoms with E-state index in [0.717, 1.165) is 43.4 Å². The van der Waals surface area contributed by atoms with Gasteiger partial charge in [-0.15, -0.1) is 0 Å². The van der Waals surface area contributed by atoms with E-state index in [2.05, 4.69) is 29.7 Å². The molecule has 2 rings (SSSR count). The van der Waals surface area contributed by atoms with Crippen molar-refractivity contribution in [2.75, 3.05) is 37.6 Å². The van der Waals surface area contributed by atoms with Gasteiger partial charge < -0.3 is 10.6 Å². The Morgan fingerprint density at radius 3 is 2.32 bits per heavy atom. The normalized spacial score (nSPS) is 18.9. The summed E-state index contributed by atoms with van der Waals surface area (Å²) >= 11 is 6.26. The van der Waals surface area contributed by atoms with E-state index in [0.29, 0.717) is 12.0 Å². The maximum atomic E-state index is 6.26. The molecule has 0 bridgehead atoms. The number of halogens is 1. The third kappa shape index (κ3) is 3.41. The standard InChI is InChI=1S/C15H24ClN3/c1-12(2)15(11-17)19-9-7-18(8-10-19)14-6-4-3-5-13(14)16/h3-6,12,15H,7-11,17H2,1-2H3. The fourth-order valence-corrected chi connectivity index (χ4v) is 3.10. The van der Waals surface area contributed by atoms with Gasteiger partial charge >= 0.3 is 0 Å². The predicted octanol–water partition coefficient (Wildman–Crippen LogP) is 2.45. The summed E-state index contributed by atoms with van der Waals surface area (Å²) in [6.45, 7) is 9.40. The van der Waals surface area contributed by atoms with Gasteiger partial charge in [-0.3, -0.25) is 4.90 Å². The number of nitrogens with zero attached hydrogens (tertiary/aromatic N) is 2. The van der Waals surface area contributed by atoms with Gasteiger partial charge in [0.2, 0.25) is 0 Å². The molecule has 4 heteroatoms. The zero-order valence-electron chi connectivity index (χ0n) is 11.8. The largest absolute Gasteiger partial charge is 0.368 e. The SMILES string of the molecule is CC(C)C(CN)N1CCN(c2ccccc2Cl)CC1. The summed E-state index contributed by atoms with van der Waals surface area (Å²) in [5.41, 5.74) is 7.05. The summed E-state index contributed by atoms with van der Waals surface area (Å²) in [5, 5.41) is 0.843. The Kier molecular flexibility index (Phi) is 5.08. The van der Waals surface area contributed by atoms with Crippen LogP contribution in [-0.4, -0.2) is 43.7 Å². The smallest absolute Gasteiger partial charge is 0.0639 e. The lowest BCUT2D eigenvalue weighted by molar-refractivity contribution is 0.151. The molecule has 1 fully saturated rings. The van der Waals surface area contributed by atoms with E-state index >= 15 is 0 Å². The molecule has 106 valence electrons. The van der Waals surface area contributed by atoms with Crippen molar-refractivity contribution >= 4 is 17.3 Å². The first-order chi connectivity index (χ1) is 9.13. The van der Waals surface area contributed by atoms with Crippen LogP contribution in [0.3, 0.4) is 0 Å². The van der Waals surface area contributed by atoms with E-state index in [4.69, 9.17) is 17.3 Å². The molecule has 1 heterocycles. The molecule has 2 N–H and O–H groups in total. The van der Waals surface area contributed by atoms with Crippen molar-refractivity contribution in [3.05, 3.63) is 29.3 Å². The Labute approximate surface area is 121 Å². The molecule has 0 saturated carbocycles. The zero-order chi connectivity index (χ0) is 13.8. The van der Waals surface area contributed by atoms with Gasteiger partial charge in [0, 0.05) is 38.8 Å². The first-order valence-electron chi connectivity index (χ1n) is 7.07. The van der Waals surface area contributed by atoms with E-state index in [1.807, 2.05) is 18.2 Å². The highest BCUT2D eigenvalue weighted by Crippen LogP contribution is 2.26. The lowest BCUT2D eigenvalue weighted by Gasteiger charge is -2.41. The summed E-state index contributed by atoms with van der Waals surface area (Å²) in [7, 11) is 0. The van der Waals surface area contributed by atoms with Gasteiger partial charge in [0.25, 0.3) is 0 Å². The molecule has 0 amide bonds. The maximum absolute atomic E-state index is 6.26. The fourth-order valence-electron chi connectivity index (χ4n) is 2.85. The van der Waals surface area contributed by atoms with Gasteiger partial charge in [-0.1, -0.05) is 37.6 Å². The zero-order valence-corrected chi connectivity index (χ0v) is 12.6. The second kappa shape index (κ2) is 6.60. The van der Waals surface area contributed by atoms with E-state index in [-0.39, 0.29) is 0 Å². The third-order valence-corrected chi connectivity index (χ3v) is 4.31. The number of nitrogens with two attached hydrogens (primary N) is 1.